The summed E-state index contributed by atoms with van der Waals surface area (Å²) in [5, 5.41) is 16.0. The Hall–Kier alpha value is -3.61. The number of carboxylic acid groups (broad SMARTS) is 1. The largest absolute Gasteiger partial charge is 0.480 e. The van der Waals surface area contributed by atoms with Crippen LogP contribution in [0.15, 0.2) is 60.8 Å². The number of aryl methyl sites for hydroxylation is 1. The summed E-state index contributed by atoms with van der Waals surface area (Å²) in [6, 6.07) is 16.7. The highest BCUT2D eigenvalue weighted by Gasteiger charge is 2.29. The van der Waals surface area contributed by atoms with Crippen LogP contribution in [-0.4, -0.2) is 39.6 Å². The summed E-state index contributed by atoms with van der Waals surface area (Å²) >= 11 is 0. The molecular formula is C22H21N3O4. The maximum absolute atomic E-state index is 12.3. The van der Waals surface area contributed by atoms with Crippen LogP contribution in [0.2, 0.25) is 0 Å². The first-order valence-corrected chi connectivity index (χ1v) is 9.36. The highest BCUT2D eigenvalue weighted by molar-refractivity contribution is 5.81. The number of benzene rings is 2. The highest BCUT2D eigenvalue weighted by Crippen LogP contribution is 2.44. The van der Waals surface area contributed by atoms with Crippen LogP contribution in [0.3, 0.4) is 0 Å². The monoisotopic (exact) mass is 391 g/mol. The quantitative estimate of drug-likeness (QED) is 0.674. The molecule has 0 radical (unpaired) electrons. The fraction of sp³-hybridized carbons (Fsp3) is 0.227. The number of aliphatic carboxylic acids is 1. The summed E-state index contributed by atoms with van der Waals surface area (Å²) in [5.74, 6) is -1.21. The van der Waals surface area contributed by atoms with E-state index in [0.29, 0.717) is 5.69 Å². The lowest BCUT2D eigenvalue weighted by molar-refractivity contribution is -0.139. The van der Waals surface area contributed by atoms with E-state index in [1.165, 1.54) is 0 Å². The second-order valence-electron chi connectivity index (χ2n) is 7.05. The summed E-state index contributed by atoms with van der Waals surface area (Å²) < 4.78 is 7.01. The molecule has 1 atom stereocenters. The van der Waals surface area contributed by atoms with E-state index >= 15 is 0 Å². The Morgan fingerprint density at radius 1 is 1.10 bits per heavy atom. The van der Waals surface area contributed by atoms with Gasteiger partial charge in [-0.2, -0.15) is 5.10 Å². The van der Waals surface area contributed by atoms with Gasteiger partial charge in [-0.15, -0.1) is 0 Å². The summed E-state index contributed by atoms with van der Waals surface area (Å²) in [5.41, 5.74) is 5.06. The topological polar surface area (TPSA) is 93.5 Å². The minimum absolute atomic E-state index is 0.0766. The molecule has 1 aliphatic carbocycles. The van der Waals surface area contributed by atoms with E-state index in [0.717, 1.165) is 22.3 Å². The van der Waals surface area contributed by atoms with Crippen molar-refractivity contribution < 1.29 is 19.4 Å². The first kappa shape index (κ1) is 18.7. The summed E-state index contributed by atoms with van der Waals surface area (Å²) in [7, 11) is 1.75. The highest BCUT2D eigenvalue weighted by atomic mass is 16.5. The van der Waals surface area contributed by atoms with Crippen molar-refractivity contribution >= 4 is 12.1 Å². The molecule has 4 rings (SSSR count). The zero-order valence-corrected chi connectivity index (χ0v) is 15.9. The van der Waals surface area contributed by atoms with Crippen molar-refractivity contribution in [1.82, 2.24) is 15.1 Å². The molecule has 7 heteroatoms. The predicted octanol–water partition coefficient (Wildman–Crippen LogP) is 2.95. The number of carboxylic acids is 1. The van der Waals surface area contributed by atoms with Gasteiger partial charge in [0.1, 0.15) is 12.6 Å². The third-order valence-corrected chi connectivity index (χ3v) is 5.12. The van der Waals surface area contributed by atoms with E-state index in [2.05, 4.69) is 22.5 Å². The Morgan fingerprint density at radius 3 is 2.28 bits per heavy atom. The van der Waals surface area contributed by atoms with E-state index in [9.17, 15) is 14.7 Å². The molecule has 29 heavy (non-hydrogen) atoms. The summed E-state index contributed by atoms with van der Waals surface area (Å²) in [6.45, 7) is 0.135. The van der Waals surface area contributed by atoms with Gasteiger partial charge in [-0.3, -0.25) is 4.68 Å². The summed E-state index contributed by atoms with van der Waals surface area (Å²) in [4.78, 5) is 23.8. The van der Waals surface area contributed by atoms with Gasteiger partial charge in [-0.05, 0) is 28.3 Å². The first-order valence-electron chi connectivity index (χ1n) is 9.36. The lowest BCUT2D eigenvalue weighted by Gasteiger charge is -2.17. The van der Waals surface area contributed by atoms with Gasteiger partial charge in [0.05, 0.1) is 5.69 Å². The number of alkyl carbamates (subject to hydrolysis) is 1. The van der Waals surface area contributed by atoms with Gasteiger partial charge in [-0.25, -0.2) is 9.59 Å². The molecule has 2 aromatic carbocycles. The molecule has 1 amide bonds. The number of carbonyl (C=O) groups excluding carboxylic acids is 1. The molecule has 0 saturated carbocycles. The van der Waals surface area contributed by atoms with Crippen molar-refractivity contribution in [3.8, 4) is 11.1 Å². The minimum Gasteiger partial charge on any atom is -0.480 e. The van der Waals surface area contributed by atoms with Gasteiger partial charge in [0, 0.05) is 25.6 Å². The Bertz CT molecular complexity index is 1010. The van der Waals surface area contributed by atoms with Gasteiger partial charge >= 0.3 is 12.1 Å². The molecule has 0 fully saturated rings. The molecule has 0 spiro atoms. The Balaban J connectivity index is 1.43. The van der Waals surface area contributed by atoms with E-state index < -0.39 is 18.1 Å². The lowest BCUT2D eigenvalue weighted by atomic mass is 9.98. The molecule has 0 bridgehead atoms. The second-order valence-corrected chi connectivity index (χ2v) is 7.05. The molecule has 3 aromatic rings. The average Bonchev–Trinajstić information content (AvgIpc) is 3.27. The van der Waals surface area contributed by atoms with E-state index in [-0.39, 0.29) is 18.9 Å². The molecule has 0 aliphatic heterocycles. The van der Waals surface area contributed by atoms with Gasteiger partial charge < -0.3 is 15.2 Å². The molecule has 7 nitrogen and oxygen atoms in total. The number of nitrogens with zero attached hydrogens (tertiary/aromatic N) is 2. The number of nitrogens with one attached hydrogen (secondary N) is 1. The van der Waals surface area contributed by atoms with Crippen LogP contribution in [0.25, 0.3) is 11.1 Å². The maximum atomic E-state index is 12.3. The number of fused-ring (bicyclic) bond motifs is 3. The van der Waals surface area contributed by atoms with Crippen LogP contribution < -0.4 is 5.32 Å². The molecular weight excluding hydrogens is 370 g/mol. The van der Waals surface area contributed by atoms with Crippen molar-refractivity contribution in [3.05, 3.63) is 77.6 Å². The molecule has 148 valence electrons. The number of hydrogen-bond acceptors (Lipinski definition) is 4. The Morgan fingerprint density at radius 2 is 1.72 bits per heavy atom. The summed E-state index contributed by atoms with van der Waals surface area (Å²) in [6.07, 6.45) is 1.05. The molecule has 1 heterocycles. The van der Waals surface area contributed by atoms with Crippen LogP contribution in [0, 0.1) is 0 Å². The van der Waals surface area contributed by atoms with Crippen molar-refractivity contribution in [1.29, 1.82) is 0 Å². The van der Waals surface area contributed by atoms with Crippen LogP contribution in [0.1, 0.15) is 22.7 Å². The fourth-order valence-corrected chi connectivity index (χ4v) is 3.76. The fourth-order valence-electron chi connectivity index (χ4n) is 3.76. The van der Waals surface area contributed by atoms with Gasteiger partial charge in [0.2, 0.25) is 0 Å². The van der Waals surface area contributed by atoms with Gasteiger partial charge in [0.25, 0.3) is 0 Å². The first-order chi connectivity index (χ1) is 14.0. The number of carbonyl (C=O) groups is 2. The third-order valence-electron chi connectivity index (χ3n) is 5.12. The average molecular weight is 391 g/mol. The van der Waals surface area contributed by atoms with Crippen molar-refractivity contribution in [2.75, 3.05) is 6.61 Å². The van der Waals surface area contributed by atoms with Crippen LogP contribution in [-0.2, 0) is 23.0 Å². The predicted molar refractivity (Wildman–Crippen MR) is 107 cm³/mol. The van der Waals surface area contributed by atoms with Crippen LogP contribution in [0.5, 0.6) is 0 Å². The van der Waals surface area contributed by atoms with Crippen molar-refractivity contribution in [3.63, 3.8) is 0 Å². The van der Waals surface area contributed by atoms with Gasteiger partial charge in [-0.1, -0.05) is 48.5 Å². The third kappa shape index (κ3) is 3.85. The van der Waals surface area contributed by atoms with Gasteiger partial charge in [0.15, 0.2) is 0 Å². The number of aromatic nitrogens is 2. The number of amides is 1. The lowest BCUT2D eigenvalue weighted by Crippen LogP contribution is -2.43. The Kier molecular flexibility index (Phi) is 5.03. The van der Waals surface area contributed by atoms with Crippen LogP contribution in [0.4, 0.5) is 4.79 Å². The van der Waals surface area contributed by atoms with E-state index in [4.69, 9.17) is 4.74 Å². The zero-order chi connectivity index (χ0) is 20.4. The SMILES string of the molecule is Cn1ccc(C[C@H](NC(=O)OCC2c3ccccc3-c3ccccc32)C(=O)O)n1. The van der Waals surface area contributed by atoms with Crippen molar-refractivity contribution in [2.45, 2.75) is 18.4 Å². The number of ether oxygens (including phenoxy) is 1. The van der Waals surface area contributed by atoms with Crippen molar-refractivity contribution in [2.24, 2.45) is 7.05 Å². The maximum Gasteiger partial charge on any atom is 0.407 e. The Labute approximate surface area is 167 Å². The number of hydrogen-bond donors (Lipinski definition) is 2. The number of rotatable bonds is 6. The van der Waals surface area contributed by atoms with E-state index in [1.54, 1.807) is 24.0 Å². The normalized spacial score (nSPS) is 13.4. The smallest absolute Gasteiger partial charge is 0.407 e. The zero-order valence-electron chi connectivity index (χ0n) is 15.9. The molecule has 0 unspecified atom stereocenters. The van der Waals surface area contributed by atoms with Crippen LogP contribution >= 0.6 is 0 Å². The second kappa shape index (κ2) is 7.79. The van der Waals surface area contributed by atoms with E-state index in [1.807, 2.05) is 36.4 Å². The standard InChI is InChI=1S/C22H21N3O4/c1-25-11-10-14(24-25)12-20(21(26)27)23-22(28)29-13-19-17-8-4-2-6-15(17)16-7-3-5-9-18(16)19/h2-11,19-20H,12-13H2,1H3,(H,23,28)(H,26,27)/t20-/m0/s1. The molecule has 2 N–H and O–H groups in total. The molecule has 1 aliphatic rings. The molecule has 0 saturated heterocycles. The molecule has 1 aromatic heterocycles. The minimum atomic E-state index is -1.14.